The van der Waals surface area contributed by atoms with Crippen molar-refractivity contribution >= 4 is 10.0 Å². The van der Waals surface area contributed by atoms with Crippen LogP contribution in [0.25, 0.3) is 0 Å². The summed E-state index contributed by atoms with van der Waals surface area (Å²) >= 11 is 0. The maximum atomic E-state index is 11.5. The molecule has 3 aliphatic rings. The van der Waals surface area contributed by atoms with Gasteiger partial charge in [-0.2, -0.15) is 0 Å². The molecule has 3 fully saturated rings. The van der Waals surface area contributed by atoms with Crippen LogP contribution in [0.3, 0.4) is 0 Å². The van der Waals surface area contributed by atoms with Crippen molar-refractivity contribution in [2.24, 2.45) is 11.1 Å². The van der Waals surface area contributed by atoms with Gasteiger partial charge in [0.15, 0.2) is 0 Å². The summed E-state index contributed by atoms with van der Waals surface area (Å²) in [5.74, 6) is 0.749. The quantitative estimate of drug-likeness (QED) is 0.872. The first kappa shape index (κ1) is 15.0. The molecule has 0 spiro atoms. The molecule has 1 aromatic rings. The van der Waals surface area contributed by atoms with Gasteiger partial charge in [0.1, 0.15) is 0 Å². The minimum Gasteiger partial charge on any atom is -0.306 e. The lowest BCUT2D eigenvalue weighted by molar-refractivity contribution is 0.0680. The number of primary sulfonamides is 1. The molecule has 0 aliphatic carbocycles. The van der Waals surface area contributed by atoms with Crippen LogP contribution < -0.4 is 10.5 Å². The highest BCUT2D eigenvalue weighted by molar-refractivity contribution is 7.89. The Morgan fingerprint density at radius 2 is 2.05 bits per heavy atom. The number of nitrogens with zero attached hydrogens (tertiary/aromatic N) is 1. The van der Waals surface area contributed by atoms with Crippen LogP contribution in [0.2, 0.25) is 0 Å². The Morgan fingerprint density at radius 3 is 2.62 bits per heavy atom. The van der Waals surface area contributed by atoms with E-state index in [2.05, 4.69) is 17.1 Å². The Kier molecular flexibility index (Phi) is 4.05. The lowest BCUT2D eigenvalue weighted by Crippen LogP contribution is -2.56. The molecule has 5 nitrogen and oxygen atoms in total. The van der Waals surface area contributed by atoms with Crippen LogP contribution in [-0.4, -0.2) is 39.0 Å². The summed E-state index contributed by atoms with van der Waals surface area (Å²) in [5, 5.41) is 8.87. The Hall–Kier alpha value is -0.950. The van der Waals surface area contributed by atoms with Crippen LogP contribution >= 0.6 is 0 Å². The van der Waals surface area contributed by atoms with Gasteiger partial charge < -0.3 is 10.2 Å². The topological polar surface area (TPSA) is 75.4 Å². The third kappa shape index (κ3) is 3.29. The van der Waals surface area contributed by atoms with Crippen LogP contribution in [0.5, 0.6) is 0 Å². The molecule has 2 unspecified atom stereocenters. The fraction of sp³-hybridized carbons (Fsp3) is 0.600. The highest BCUT2D eigenvalue weighted by atomic mass is 32.2. The summed E-state index contributed by atoms with van der Waals surface area (Å²) in [4.78, 5) is 2.69. The van der Waals surface area contributed by atoms with E-state index in [0.717, 1.165) is 18.0 Å². The number of rotatable bonds is 4. The number of benzene rings is 1. The standard InChI is InChI=1S/C15H23N3O2S/c1-11(13-3-2-4-14(9-13)21(16,19)20)17-15-10-18-7-5-12(15)6-8-18/h2-4,9,11-12,15,17H,5-8,10H2,1H3,(H2,16,19,20). The number of sulfonamides is 1. The smallest absolute Gasteiger partial charge is 0.238 e. The van der Waals surface area contributed by atoms with Crippen molar-refractivity contribution in [2.75, 3.05) is 19.6 Å². The lowest BCUT2D eigenvalue weighted by Gasteiger charge is -2.46. The van der Waals surface area contributed by atoms with E-state index in [1.165, 1.54) is 25.9 Å². The number of hydrogen-bond acceptors (Lipinski definition) is 4. The van der Waals surface area contributed by atoms with E-state index in [1.807, 2.05) is 6.07 Å². The summed E-state index contributed by atoms with van der Waals surface area (Å²) in [7, 11) is -3.64. The maximum Gasteiger partial charge on any atom is 0.238 e. The van der Waals surface area contributed by atoms with Crippen LogP contribution in [0.4, 0.5) is 0 Å². The molecule has 3 aliphatic heterocycles. The molecule has 0 radical (unpaired) electrons. The van der Waals surface area contributed by atoms with Crippen molar-refractivity contribution in [1.82, 2.24) is 10.2 Å². The van der Waals surface area contributed by atoms with Gasteiger partial charge in [-0.1, -0.05) is 12.1 Å². The van der Waals surface area contributed by atoms with Crippen molar-refractivity contribution in [3.8, 4) is 0 Å². The van der Waals surface area contributed by atoms with E-state index in [4.69, 9.17) is 5.14 Å². The van der Waals surface area contributed by atoms with Crippen LogP contribution in [-0.2, 0) is 10.0 Å². The third-order valence-electron chi connectivity index (χ3n) is 4.81. The van der Waals surface area contributed by atoms with Gasteiger partial charge in [-0.15, -0.1) is 0 Å². The lowest BCUT2D eigenvalue weighted by atomic mass is 9.83. The second kappa shape index (κ2) is 5.68. The number of nitrogens with one attached hydrogen (secondary N) is 1. The zero-order valence-electron chi connectivity index (χ0n) is 12.3. The average Bonchev–Trinajstić information content (AvgIpc) is 2.48. The largest absolute Gasteiger partial charge is 0.306 e. The summed E-state index contributed by atoms with van der Waals surface area (Å²) in [6, 6.07) is 7.55. The monoisotopic (exact) mass is 309 g/mol. The molecule has 3 heterocycles. The van der Waals surface area contributed by atoms with Crippen LogP contribution in [0, 0.1) is 5.92 Å². The van der Waals surface area contributed by atoms with E-state index in [9.17, 15) is 8.42 Å². The molecule has 21 heavy (non-hydrogen) atoms. The average molecular weight is 309 g/mol. The van der Waals surface area contributed by atoms with Gasteiger partial charge in [0, 0.05) is 18.6 Å². The molecule has 0 aromatic heterocycles. The maximum absolute atomic E-state index is 11.5. The first-order chi connectivity index (χ1) is 9.93. The molecule has 0 amide bonds. The van der Waals surface area contributed by atoms with Crippen molar-refractivity contribution in [2.45, 2.75) is 36.7 Å². The predicted octanol–water partition coefficient (Wildman–Crippen LogP) is 1.08. The molecule has 116 valence electrons. The minimum atomic E-state index is -3.64. The summed E-state index contributed by atoms with van der Waals surface area (Å²) in [5.41, 5.74) is 0.970. The Bertz CT molecular complexity index is 609. The molecule has 1 aromatic carbocycles. The number of nitrogens with two attached hydrogens (primary N) is 1. The predicted molar refractivity (Wildman–Crippen MR) is 82.3 cm³/mol. The van der Waals surface area contributed by atoms with Crippen molar-refractivity contribution in [3.05, 3.63) is 29.8 Å². The van der Waals surface area contributed by atoms with Crippen LogP contribution in [0.1, 0.15) is 31.4 Å². The van der Waals surface area contributed by atoms with Gasteiger partial charge in [-0.3, -0.25) is 0 Å². The van der Waals surface area contributed by atoms with E-state index >= 15 is 0 Å². The highest BCUT2D eigenvalue weighted by Crippen LogP contribution is 2.29. The van der Waals surface area contributed by atoms with Gasteiger partial charge >= 0.3 is 0 Å². The van der Waals surface area contributed by atoms with Gasteiger partial charge in [-0.25, -0.2) is 13.6 Å². The number of piperidine rings is 3. The van der Waals surface area contributed by atoms with Gasteiger partial charge in [0.05, 0.1) is 4.90 Å². The first-order valence-electron chi connectivity index (χ1n) is 7.54. The van der Waals surface area contributed by atoms with Crippen molar-refractivity contribution in [3.63, 3.8) is 0 Å². The Labute approximate surface area is 126 Å². The second-order valence-corrected chi connectivity index (χ2v) is 7.81. The minimum absolute atomic E-state index is 0.122. The Morgan fingerprint density at radius 1 is 1.33 bits per heavy atom. The second-order valence-electron chi connectivity index (χ2n) is 6.25. The fourth-order valence-corrected chi connectivity index (χ4v) is 4.10. The number of fused-ring (bicyclic) bond motifs is 3. The Balaban J connectivity index is 1.72. The normalized spacial score (nSPS) is 30.3. The van der Waals surface area contributed by atoms with Crippen molar-refractivity contribution < 1.29 is 8.42 Å². The SMILES string of the molecule is CC(NC1CN2CCC1CC2)c1cccc(S(N)(=O)=O)c1. The summed E-state index contributed by atoms with van der Waals surface area (Å²) in [6.45, 7) is 5.63. The van der Waals surface area contributed by atoms with E-state index in [-0.39, 0.29) is 10.9 Å². The third-order valence-corrected chi connectivity index (χ3v) is 5.72. The summed E-state index contributed by atoms with van der Waals surface area (Å²) < 4.78 is 22.9. The molecular weight excluding hydrogens is 286 g/mol. The van der Waals surface area contributed by atoms with E-state index in [0.29, 0.717) is 6.04 Å². The van der Waals surface area contributed by atoms with Crippen LogP contribution in [0.15, 0.2) is 29.2 Å². The number of hydrogen-bond donors (Lipinski definition) is 2. The molecular formula is C15H23N3O2S. The van der Waals surface area contributed by atoms with Gasteiger partial charge in [0.25, 0.3) is 0 Å². The van der Waals surface area contributed by atoms with Gasteiger partial charge in [0.2, 0.25) is 10.0 Å². The van der Waals surface area contributed by atoms with E-state index < -0.39 is 10.0 Å². The fourth-order valence-electron chi connectivity index (χ4n) is 3.53. The molecule has 4 rings (SSSR count). The van der Waals surface area contributed by atoms with E-state index in [1.54, 1.807) is 18.2 Å². The van der Waals surface area contributed by atoms with Crippen molar-refractivity contribution in [1.29, 1.82) is 0 Å². The molecule has 0 saturated carbocycles. The zero-order valence-corrected chi connectivity index (χ0v) is 13.1. The highest BCUT2D eigenvalue weighted by Gasteiger charge is 2.34. The molecule has 3 N–H and O–H groups in total. The summed E-state index contributed by atoms with van der Waals surface area (Å²) in [6.07, 6.45) is 2.53. The molecule has 2 bridgehead atoms. The molecule has 3 saturated heterocycles. The molecule has 6 heteroatoms. The molecule has 2 atom stereocenters. The zero-order chi connectivity index (χ0) is 15.0. The first-order valence-corrected chi connectivity index (χ1v) is 9.09. The van der Waals surface area contributed by atoms with Gasteiger partial charge in [-0.05, 0) is 56.5 Å².